The van der Waals surface area contributed by atoms with Crippen LogP contribution in [0.4, 0.5) is 0 Å². The van der Waals surface area contributed by atoms with E-state index < -0.39 is 82.3 Å². The van der Waals surface area contributed by atoms with Crippen LogP contribution >= 0.6 is 16.8 Å². The maximum atomic E-state index is 12.8. The summed E-state index contributed by atoms with van der Waals surface area (Å²) in [4.78, 5) is 82.1. The first-order valence-corrected chi connectivity index (χ1v) is 42.3. The summed E-state index contributed by atoms with van der Waals surface area (Å²) in [6.45, 7) is 35.9. The zero-order valence-electron chi connectivity index (χ0n) is 66.9. The molecule has 4 heterocycles. The van der Waals surface area contributed by atoms with E-state index in [4.69, 9.17) is 44.4 Å². The van der Waals surface area contributed by atoms with Gasteiger partial charge in [-0.1, -0.05) is 205 Å². The predicted octanol–water partition coefficient (Wildman–Crippen LogP) is 14.6. The Balaban J connectivity index is 0.000000575. The lowest BCUT2D eigenvalue weighted by Crippen LogP contribution is -2.43. The third kappa shape index (κ3) is 37.7. The molecule has 0 radical (unpaired) electrons. The molecular formula is C79H136N10O14P2. The van der Waals surface area contributed by atoms with Crippen LogP contribution in [0.15, 0.2) is 31.6 Å². The van der Waals surface area contributed by atoms with Crippen molar-refractivity contribution in [3.8, 4) is 29.8 Å². The number of aromatic amines is 2. The molecule has 2 aromatic heterocycles. The molecular weight excluding hydrogens is 1370 g/mol. The van der Waals surface area contributed by atoms with Gasteiger partial charge in [0.05, 0.1) is 44.4 Å². The van der Waals surface area contributed by atoms with Crippen LogP contribution in [-0.2, 0) is 42.1 Å². The van der Waals surface area contributed by atoms with Crippen LogP contribution in [0.2, 0.25) is 0 Å². The Morgan fingerprint density at radius 1 is 0.581 bits per heavy atom. The zero-order chi connectivity index (χ0) is 77.9. The topological polar surface area (TPSA) is 287 Å². The van der Waals surface area contributed by atoms with Crippen LogP contribution in [0.3, 0.4) is 0 Å². The standard InChI is InChI=1S/C34H55N4O7P.C30H49N3O6.C15H32N3OP/c1-6-8-9-10-11-12-13-14-15-16-17-18-19-22-29(39)36-23-20-21-27-26-38(34(41)37-32(27)40)33-31(42-4)30(28(7-2)44-33)45-46(5)43-25-24-35-3;1-4-6-7-8-9-10-11-12-13-14-15-16-17-20-25(34)31-21-18-19-23-22-33(30(37)32-28(23)36)29-27(38-3)26(35)24(5-2)39-29;1-12(2)17(13(3)4)20(19-11-9-10-16)18(14(5)6)15(7)8/h26,28,30-31,33H,6-19,22-25H2,1-2,4-5H3,(H,36,39)(H,37,40,41);22,24,26-27,29,35H,4-17,20-21H2,1-3H3,(H,31,34)(H,32,36,37);12-15H,9,11H2,1-8H3/t28-,30+,31?,33-,46?;24-,26+,27?,29-;/m11./s1. The molecule has 2 saturated heterocycles. The number of nitriles is 1. The van der Waals surface area contributed by atoms with E-state index >= 15 is 0 Å². The van der Waals surface area contributed by atoms with Crippen molar-refractivity contribution in [3.05, 3.63) is 76.6 Å². The van der Waals surface area contributed by atoms with Gasteiger partial charge in [-0.3, -0.25) is 38.3 Å². The van der Waals surface area contributed by atoms with E-state index in [0.29, 0.717) is 62.9 Å². The Labute approximate surface area is 632 Å². The molecule has 0 aromatic carbocycles. The highest BCUT2D eigenvalue weighted by Gasteiger charge is 2.48. The van der Waals surface area contributed by atoms with Crippen molar-refractivity contribution in [1.82, 2.24) is 39.1 Å². The highest BCUT2D eigenvalue weighted by atomic mass is 31.2. The van der Waals surface area contributed by atoms with E-state index in [-0.39, 0.29) is 55.3 Å². The van der Waals surface area contributed by atoms with Crippen molar-refractivity contribution in [2.75, 3.05) is 53.7 Å². The molecule has 0 bridgehead atoms. The molecule has 0 spiro atoms. The van der Waals surface area contributed by atoms with Gasteiger partial charge in [0.1, 0.15) is 42.1 Å². The Kier molecular flexibility index (Phi) is 52.9. The van der Waals surface area contributed by atoms with Gasteiger partial charge in [-0.2, -0.15) is 5.26 Å². The summed E-state index contributed by atoms with van der Waals surface area (Å²) in [6.07, 6.45) is 32.4. The van der Waals surface area contributed by atoms with Crippen LogP contribution in [-0.4, -0.2) is 160 Å². The number of rotatable bonds is 50. The summed E-state index contributed by atoms with van der Waals surface area (Å²) < 4.78 is 48.2. The van der Waals surface area contributed by atoms with Crippen molar-refractivity contribution in [2.45, 2.75) is 355 Å². The first-order chi connectivity index (χ1) is 50.5. The van der Waals surface area contributed by atoms with Crippen LogP contribution in [0.5, 0.6) is 0 Å². The molecule has 2 aliphatic heterocycles. The third-order valence-corrected chi connectivity index (χ3v) is 22.5. The van der Waals surface area contributed by atoms with Gasteiger partial charge in [0.15, 0.2) is 29.3 Å². The van der Waals surface area contributed by atoms with E-state index in [1.54, 1.807) is 6.66 Å². The predicted molar refractivity (Wildman–Crippen MR) is 422 cm³/mol. The number of amides is 2. The molecule has 2 aliphatic rings. The average Bonchev–Trinajstić information content (AvgIpc) is 1.67. The van der Waals surface area contributed by atoms with Crippen LogP contribution in [0.25, 0.3) is 4.85 Å². The van der Waals surface area contributed by atoms with Gasteiger partial charge < -0.3 is 53.1 Å². The second-order valence-electron chi connectivity index (χ2n) is 28.3. The SMILES string of the molecule is CC(C)N(C(C)C)P(OCCC#N)N(C(C)C)C(C)C.CCCCCCCCCCCCCCCC(=O)NCC#Cc1cn([C@@H]2O[C@H](CC)[C@H](O)C2OC)c(=O)[nH]c1=O.[C-]#[N+]CCOP(C)O[C@@H]1C(OC)[C@H](n2cc(C#CCNC(=O)CCCCCCCCCCCCCCC)c(=O)[nH]c2=O)O[C@@H]1CC. The van der Waals surface area contributed by atoms with Gasteiger partial charge in [-0.25, -0.2) is 25.5 Å². The summed E-state index contributed by atoms with van der Waals surface area (Å²) in [5, 5.41) is 24.7. The van der Waals surface area contributed by atoms with Crippen molar-refractivity contribution in [3.63, 3.8) is 0 Å². The summed E-state index contributed by atoms with van der Waals surface area (Å²) in [7, 11) is 0.787. The van der Waals surface area contributed by atoms with Crippen molar-refractivity contribution in [1.29, 1.82) is 5.26 Å². The third-order valence-electron chi connectivity index (χ3n) is 18.3. The first kappa shape index (κ1) is 95.9. The number of aromatic nitrogens is 4. The van der Waals surface area contributed by atoms with E-state index in [0.717, 1.165) is 38.5 Å². The van der Waals surface area contributed by atoms with Gasteiger partial charge in [0.2, 0.25) is 18.4 Å². The molecule has 26 heteroatoms. The highest BCUT2D eigenvalue weighted by molar-refractivity contribution is 7.47. The number of unbranched alkanes of at least 4 members (excludes halogenated alkanes) is 24. The number of hydrogen-bond donors (Lipinski definition) is 5. The Morgan fingerprint density at radius 3 is 1.30 bits per heavy atom. The van der Waals surface area contributed by atoms with E-state index in [1.807, 2.05) is 13.8 Å². The van der Waals surface area contributed by atoms with Gasteiger partial charge in [-0.15, -0.1) is 0 Å². The fraction of sp³-hybridized carbons (Fsp3) is 0.797. The number of nitrogens with one attached hydrogen (secondary N) is 4. The Bertz CT molecular complexity index is 3120. The minimum Gasteiger partial charge on any atom is -0.388 e. The summed E-state index contributed by atoms with van der Waals surface area (Å²) >= 11 is 0. The number of ether oxygens (including phenoxy) is 4. The van der Waals surface area contributed by atoms with Crippen LogP contribution in [0, 0.1) is 41.6 Å². The normalized spacial score (nSPS) is 18.7. The largest absolute Gasteiger partial charge is 0.388 e. The van der Waals surface area contributed by atoms with Crippen LogP contribution < -0.4 is 33.1 Å². The number of nitrogens with zero attached hydrogens (tertiary/aromatic N) is 6. The molecule has 105 heavy (non-hydrogen) atoms. The minimum absolute atomic E-state index is 0.0619. The molecule has 24 nitrogen and oxygen atoms in total. The van der Waals surface area contributed by atoms with E-state index in [1.165, 1.54) is 164 Å². The molecule has 3 unspecified atom stereocenters. The second-order valence-corrected chi connectivity index (χ2v) is 31.3. The lowest BCUT2D eigenvalue weighted by Gasteiger charge is -2.45. The molecule has 4 rings (SSSR count). The number of carbonyl (C=O) groups is 2. The highest BCUT2D eigenvalue weighted by Crippen LogP contribution is 2.51. The monoisotopic (exact) mass is 1510 g/mol. The summed E-state index contributed by atoms with van der Waals surface area (Å²) in [5.74, 6) is 11.0. The lowest BCUT2D eigenvalue weighted by atomic mass is 10.0. The Morgan fingerprint density at radius 2 is 0.952 bits per heavy atom. The number of H-pyrrole nitrogens is 2. The zero-order valence-corrected chi connectivity index (χ0v) is 68.7. The summed E-state index contributed by atoms with van der Waals surface area (Å²) in [6, 6.07) is 3.84. The molecule has 2 amide bonds. The molecule has 0 aliphatic carbocycles. The molecule has 2 fully saturated rings. The maximum absolute atomic E-state index is 12.8. The van der Waals surface area contributed by atoms with E-state index in [2.05, 4.69) is 134 Å². The first-order valence-electron chi connectivity index (χ1n) is 39.5. The smallest absolute Gasteiger partial charge is 0.330 e. The molecule has 9 atom stereocenters. The quantitative estimate of drug-likeness (QED) is 0.0178. The average molecular weight is 1510 g/mol. The van der Waals surface area contributed by atoms with Crippen molar-refractivity contribution in [2.24, 2.45) is 0 Å². The molecule has 596 valence electrons. The molecule has 2 aromatic rings. The van der Waals surface area contributed by atoms with Gasteiger partial charge in [-0.05, 0) is 81.1 Å². The maximum Gasteiger partial charge on any atom is 0.330 e. The number of methoxy groups -OCH3 is 2. The number of aliphatic hydroxyl groups is 1. The van der Waals surface area contributed by atoms with Gasteiger partial charge in [0, 0.05) is 70.3 Å². The number of hydrogen-bond acceptors (Lipinski definition) is 17. The Hall–Kier alpha value is -5.14. The molecule has 0 saturated carbocycles. The fourth-order valence-corrected chi connectivity index (χ4v) is 16.2. The van der Waals surface area contributed by atoms with Gasteiger partial charge >= 0.3 is 11.4 Å². The number of carbonyl (C=O) groups excluding carboxylic acids is 2. The van der Waals surface area contributed by atoms with Crippen molar-refractivity contribution >= 4 is 28.6 Å². The van der Waals surface area contributed by atoms with Crippen LogP contribution in [0.1, 0.15) is 306 Å². The number of aliphatic hydroxyl groups excluding tert-OH is 1. The fourth-order valence-electron chi connectivity index (χ4n) is 12.9. The molecule has 5 N–H and O–H groups in total. The summed E-state index contributed by atoms with van der Waals surface area (Å²) in [5.41, 5.74) is -2.44. The minimum atomic E-state index is -1.31. The van der Waals surface area contributed by atoms with Crippen molar-refractivity contribution < 1.29 is 47.2 Å². The lowest BCUT2D eigenvalue weighted by molar-refractivity contribution is -0.121. The van der Waals surface area contributed by atoms with E-state index in [9.17, 15) is 33.9 Å². The van der Waals surface area contributed by atoms with Gasteiger partial charge in [0.25, 0.3) is 11.1 Å². The second kappa shape index (κ2) is 57.9.